The smallest absolute Gasteiger partial charge is 0.294 e. The number of hydrogen-bond acceptors (Lipinski definition) is 4. The highest BCUT2D eigenvalue weighted by Crippen LogP contribution is 2.39. The van der Waals surface area contributed by atoms with Crippen molar-refractivity contribution in [2.24, 2.45) is 0 Å². The molecule has 0 aromatic heterocycles. The number of carbonyl (C=O) groups is 1. The van der Waals surface area contributed by atoms with E-state index >= 15 is 0 Å². The van der Waals surface area contributed by atoms with E-state index in [2.05, 4.69) is 12.2 Å². The third kappa shape index (κ3) is 4.22. The van der Waals surface area contributed by atoms with Crippen LogP contribution in [0.15, 0.2) is 36.4 Å². The molecular formula is C20H22ClN3O3. The number of amides is 1. The van der Waals surface area contributed by atoms with Gasteiger partial charge in [-0.1, -0.05) is 29.3 Å². The number of hydrogen-bond donors (Lipinski definition) is 1. The van der Waals surface area contributed by atoms with Crippen LogP contribution in [0.1, 0.15) is 42.1 Å². The van der Waals surface area contributed by atoms with Crippen LogP contribution < -0.4 is 10.2 Å². The summed E-state index contributed by atoms with van der Waals surface area (Å²) >= 11 is 6.25. The second-order valence-electron chi connectivity index (χ2n) is 6.94. The van der Waals surface area contributed by atoms with Crippen LogP contribution >= 0.6 is 11.6 Å². The topological polar surface area (TPSA) is 75.5 Å². The molecule has 1 unspecified atom stereocenters. The lowest BCUT2D eigenvalue weighted by atomic mass is 10.0. The van der Waals surface area contributed by atoms with E-state index in [4.69, 9.17) is 11.6 Å². The summed E-state index contributed by atoms with van der Waals surface area (Å²) in [7, 11) is 0. The fourth-order valence-corrected chi connectivity index (χ4v) is 3.67. The minimum Gasteiger partial charge on any atom is -0.363 e. The van der Waals surface area contributed by atoms with Gasteiger partial charge in [0.05, 0.1) is 15.6 Å². The average Bonchev–Trinajstić information content (AvgIpc) is 2.63. The molecule has 6 nitrogen and oxygen atoms in total. The van der Waals surface area contributed by atoms with Crippen LogP contribution in [-0.2, 0) is 0 Å². The third-order valence-electron chi connectivity index (χ3n) is 4.90. The number of halogens is 1. The van der Waals surface area contributed by atoms with Crippen molar-refractivity contribution in [1.82, 2.24) is 0 Å². The van der Waals surface area contributed by atoms with Gasteiger partial charge in [0.1, 0.15) is 5.69 Å². The number of nitro benzene ring substituents is 1. The van der Waals surface area contributed by atoms with Crippen molar-refractivity contribution in [2.75, 3.05) is 16.8 Å². The molecule has 0 radical (unpaired) electrons. The van der Waals surface area contributed by atoms with E-state index in [1.807, 2.05) is 24.0 Å². The molecule has 1 heterocycles. The molecule has 3 rings (SSSR count). The fraction of sp³-hybridized carbons (Fsp3) is 0.350. The van der Waals surface area contributed by atoms with Crippen molar-refractivity contribution >= 4 is 34.6 Å². The Morgan fingerprint density at radius 3 is 2.74 bits per heavy atom. The zero-order valence-corrected chi connectivity index (χ0v) is 16.1. The molecule has 0 saturated carbocycles. The first-order valence-electron chi connectivity index (χ1n) is 8.99. The number of aryl methyl sites for hydroxylation is 1. The van der Waals surface area contributed by atoms with Gasteiger partial charge in [-0.15, -0.1) is 0 Å². The van der Waals surface area contributed by atoms with Gasteiger partial charge in [-0.2, -0.15) is 0 Å². The molecule has 0 aliphatic carbocycles. The van der Waals surface area contributed by atoms with Crippen LogP contribution in [0.3, 0.4) is 0 Å². The molecule has 2 aromatic rings. The first-order chi connectivity index (χ1) is 12.9. The number of anilines is 2. The summed E-state index contributed by atoms with van der Waals surface area (Å²) in [5.74, 6) is -0.299. The first kappa shape index (κ1) is 19.2. The number of piperidine rings is 1. The molecule has 1 fully saturated rings. The maximum absolute atomic E-state index is 12.6. The van der Waals surface area contributed by atoms with Gasteiger partial charge >= 0.3 is 0 Å². The molecule has 2 aromatic carbocycles. The Bertz CT molecular complexity index is 885. The van der Waals surface area contributed by atoms with E-state index in [0.717, 1.165) is 31.4 Å². The highest BCUT2D eigenvalue weighted by atomic mass is 35.5. The molecule has 0 spiro atoms. The van der Waals surface area contributed by atoms with Crippen molar-refractivity contribution in [3.8, 4) is 0 Å². The second-order valence-corrected chi connectivity index (χ2v) is 7.35. The van der Waals surface area contributed by atoms with Gasteiger partial charge < -0.3 is 10.2 Å². The van der Waals surface area contributed by atoms with Crippen LogP contribution in [0, 0.1) is 17.0 Å². The van der Waals surface area contributed by atoms with Crippen molar-refractivity contribution < 1.29 is 9.72 Å². The molecular weight excluding hydrogens is 366 g/mol. The molecule has 1 saturated heterocycles. The zero-order valence-electron chi connectivity index (χ0n) is 15.4. The van der Waals surface area contributed by atoms with Crippen molar-refractivity contribution in [2.45, 2.75) is 39.2 Å². The summed E-state index contributed by atoms with van der Waals surface area (Å²) in [5, 5.41) is 14.5. The van der Waals surface area contributed by atoms with Crippen LogP contribution in [-0.4, -0.2) is 23.4 Å². The highest BCUT2D eigenvalue weighted by molar-refractivity contribution is 6.34. The quantitative estimate of drug-likeness (QED) is 0.578. The molecule has 1 aliphatic rings. The molecule has 1 amide bonds. The Labute approximate surface area is 163 Å². The molecule has 0 bridgehead atoms. The van der Waals surface area contributed by atoms with Crippen molar-refractivity contribution in [1.29, 1.82) is 0 Å². The minimum absolute atomic E-state index is 0.0395. The zero-order chi connectivity index (χ0) is 19.6. The number of nitro groups is 1. The standard InChI is InChI=1S/C20H22ClN3O3/c1-13-6-5-8-15(10-13)20(25)22-17-12-18(19(24(26)27)11-16(17)21)23-9-4-3-7-14(23)2/h5-6,8,10-12,14H,3-4,7,9H2,1-2H3,(H,22,25). The summed E-state index contributed by atoms with van der Waals surface area (Å²) in [5.41, 5.74) is 2.32. The summed E-state index contributed by atoms with van der Waals surface area (Å²) in [4.78, 5) is 25.7. The van der Waals surface area contributed by atoms with Gasteiger partial charge in [0.2, 0.25) is 0 Å². The fourth-order valence-electron chi connectivity index (χ4n) is 3.46. The molecule has 7 heteroatoms. The van der Waals surface area contributed by atoms with E-state index in [1.165, 1.54) is 6.07 Å². The van der Waals surface area contributed by atoms with E-state index < -0.39 is 4.92 Å². The Hall–Kier alpha value is -2.60. The summed E-state index contributed by atoms with van der Waals surface area (Å²) < 4.78 is 0. The molecule has 27 heavy (non-hydrogen) atoms. The van der Waals surface area contributed by atoms with Gasteiger partial charge in [0.25, 0.3) is 11.6 Å². The van der Waals surface area contributed by atoms with E-state index in [0.29, 0.717) is 16.9 Å². The monoisotopic (exact) mass is 387 g/mol. The maximum Gasteiger partial charge on any atom is 0.294 e. The number of nitrogens with one attached hydrogen (secondary N) is 1. The Morgan fingerprint density at radius 1 is 1.30 bits per heavy atom. The Kier molecular flexibility index (Phi) is 5.65. The van der Waals surface area contributed by atoms with Gasteiger partial charge in [0, 0.05) is 24.2 Å². The lowest BCUT2D eigenvalue weighted by molar-refractivity contribution is -0.384. The predicted molar refractivity (Wildman–Crippen MR) is 108 cm³/mol. The van der Waals surface area contributed by atoms with E-state index in [1.54, 1.807) is 18.2 Å². The van der Waals surface area contributed by atoms with Gasteiger partial charge in [-0.25, -0.2) is 0 Å². The Balaban J connectivity index is 1.97. The number of carbonyl (C=O) groups excluding carboxylic acids is 1. The molecule has 1 aliphatic heterocycles. The predicted octanol–water partition coefficient (Wildman–Crippen LogP) is 5.19. The Morgan fingerprint density at radius 2 is 2.07 bits per heavy atom. The largest absolute Gasteiger partial charge is 0.363 e. The van der Waals surface area contributed by atoms with E-state index in [-0.39, 0.29) is 22.7 Å². The van der Waals surface area contributed by atoms with E-state index in [9.17, 15) is 14.9 Å². The molecule has 1 atom stereocenters. The van der Waals surface area contributed by atoms with Crippen LogP contribution in [0.25, 0.3) is 0 Å². The van der Waals surface area contributed by atoms with Gasteiger partial charge in [-0.05, 0) is 51.3 Å². The van der Waals surface area contributed by atoms with Crippen LogP contribution in [0.4, 0.5) is 17.1 Å². The summed E-state index contributed by atoms with van der Waals surface area (Å²) in [6.45, 7) is 4.71. The first-order valence-corrected chi connectivity index (χ1v) is 9.37. The van der Waals surface area contributed by atoms with Crippen molar-refractivity contribution in [3.05, 3.63) is 62.7 Å². The third-order valence-corrected chi connectivity index (χ3v) is 5.21. The lowest BCUT2D eigenvalue weighted by Crippen LogP contribution is -2.37. The highest BCUT2D eigenvalue weighted by Gasteiger charge is 2.27. The average molecular weight is 388 g/mol. The normalized spacial score (nSPS) is 16.9. The summed E-state index contributed by atoms with van der Waals surface area (Å²) in [6, 6.07) is 10.4. The minimum atomic E-state index is -0.422. The van der Waals surface area contributed by atoms with Gasteiger partial charge in [0.15, 0.2) is 0 Å². The second kappa shape index (κ2) is 7.96. The van der Waals surface area contributed by atoms with Crippen LogP contribution in [0.5, 0.6) is 0 Å². The number of benzene rings is 2. The molecule has 1 N–H and O–H groups in total. The molecule has 142 valence electrons. The SMILES string of the molecule is Cc1cccc(C(=O)Nc2cc(N3CCCCC3C)c([N+](=O)[O-])cc2Cl)c1. The number of rotatable bonds is 4. The van der Waals surface area contributed by atoms with Gasteiger partial charge in [-0.3, -0.25) is 14.9 Å². The van der Waals surface area contributed by atoms with Crippen molar-refractivity contribution in [3.63, 3.8) is 0 Å². The summed E-state index contributed by atoms with van der Waals surface area (Å²) in [6.07, 6.45) is 3.07. The number of nitrogens with zero attached hydrogens (tertiary/aromatic N) is 2. The van der Waals surface area contributed by atoms with Crippen LogP contribution in [0.2, 0.25) is 5.02 Å². The lowest BCUT2D eigenvalue weighted by Gasteiger charge is -2.35. The maximum atomic E-state index is 12.6.